The summed E-state index contributed by atoms with van der Waals surface area (Å²) in [6, 6.07) is 15.9. The Morgan fingerprint density at radius 1 is 0.914 bits per heavy atom. The van der Waals surface area contributed by atoms with Crippen LogP contribution >= 0.6 is 0 Å². The SMILES string of the molecule is Cc1ccc(Nc2cc(C(=O)OC3CCC(C)CC3)c(N)c3c2C(=O)c2ccccc2C3=O)cc1. The highest BCUT2D eigenvalue weighted by atomic mass is 16.5. The Labute approximate surface area is 204 Å². The lowest BCUT2D eigenvalue weighted by Gasteiger charge is -2.27. The Balaban J connectivity index is 1.61. The Morgan fingerprint density at radius 3 is 2.14 bits per heavy atom. The largest absolute Gasteiger partial charge is 0.459 e. The quantitative estimate of drug-likeness (QED) is 0.289. The van der Waals surface area contributed by atoms with Crippen LogP contribution < -0.4 is 11.1 Å². The van der Waals surface area contributed by atoms with Crippen molar-refractivity contribution in [2.24, 2.45) is 5.92 Å². The number of rotatable bonds is 4. The van der Waals surface area contributed by atoms with Gasteiger partial charge in [-0.2, -0.15) is 0 Å². The van der Waals surface area contributed by atoms with Crippen molar-refractivity contribution in [2.75, 3.05) is 11.1 Å². The molecule has 5 rings (SSSR count). The second kappa shape index (κ2) is 9.02. The van der Waals surface area contributed by atoms with Crippen molar-refractivity contribution in [1.82, 2.24) is 0 Å². The van der Waals surface area contributed by atoms with E-state index in [2.05, 4.69) is 12.2 Å². The van der Waals surface area contributed by atoms with E-state index in [4.69, 9.17) is 10.5 Å². The molecule has 2 aliphatic rings. The summed E-state index contributed by atoms with van der Waals surface area (Å²) < 4.78 is 5.81. The molecule has 6 nitrogen and oxygen atoms in total. The highest BCUT2D eigenvalue weighted by molar-refractivity contribution is 6.32. The van der Waals surface area contributed by atoms with Crippen molar-refractivity contribution in [3.8, 4) is 0 Å². The highest BCUT2D eigenvalue weighted by Gasteiger charge is 2.36. The topological polar surface area (TPSA) is 98.5 Å². The van der Waals surface area contributed by atoms with E-state index >= 15 is 0 Å². The average Bonchev–Trinajstić information content (AvgIpc) is 2.86. The lowest BCUT2D eigenvalue weighted by Crippen LogP contribution is -2.27. The molecular formula is C29H28N2O4. The van der Waals surface area contributed by atoms with Crippen LogP contribution in [-0.4, -0.2) is 23.6 Å². The smallest absolute Gasteiger partial charge is 0.340 e. The van der Waals surface area contributed by atoms with Crippen LogP contribution in [0.15, 0.2) is 54.6 Å². The number of nitrogen functional groups attached to an aromatic ring is 1. The van der Waals surface area contributed by atoms with Gasteiger partial charge < -0.3 is 15.8 Å². The van der Waals surface area contributed by atoms with Gasteiger partial charge in [-0.3, -0.25) is 9.59 Å². The van der Waals surface area contributed by atoms with Gasteiger partial charge in [0.1, 0.15) is 6.10 Å². The predicted molar refractivity (Wildman–Crippen MR) is 135 cm³/mol. The number of esters is 1. The van der Waals surface area contributed by atoms with Gasteiger partial charge in [-0.15, -0.1) is 0 Å². The molecule has 0 spiro atoms. The average molecular weight is 469 g/mol. The van der Waals surface area contributed by atoms with Gasteiger partial charge in [0.15, 0.2) is 11.6 Å². The lowest BCUT2D eigenvalue weighted by molar-refractivity contribution is 0.0175. The summed E-state index contributed by atoms with van der Waals surface area (Å²) in [6.07, 6.45) is 3.43. The van der Waals surface area contributed by atoms with Gasteiger partial charge >= 0.3 is 5.97 Å². The van der Waals surface area contributed by atoms with Crippen LogP contribution in [0.3, 0.4) is 0 Å². The number of carbonyl (C=O) groups excluding carboxylic acids is 3. The number of ether oxygens (including phenoxy) is 1. The molecule has 3 aromatic rings. The molecule has 0 amide bonds. The molecular weight excluding hydrogens is 440 g/mol. The minimum absolute atomic E-state index is 0.0171. The monoisotopic (exact) mass is 468 g/mol. The third kappa shape index (κ3) is 4.20. The molecule has 0 aliphatic heterocycles. The second-order valence-corrected chi connectivity index (χ2v) is 9.62. The molecule has 0 saturated heterocycles. The summed E-state index contributed by atoms with van der Waals surface area (Å²) >= 11 is 0. The summed E-state index contributed by atoms with van der Waals surface area (Å²) in [5, 5.41) is 3.24. The summed E-state index contributed by atoms with van der Waals surface area (Å²) in [6.45, 7) is 4.18. The molecule has 1 fully saturated rings. The molecule has 2 aliphatic carbocycles. The van der Waals surface area contributed by atoms with E-state index in [-0.39, 0.29) is 45.6 Å². The van der Waals surface area contributed by atoms with Crippen LogP contribution in [0.25, 0.3) is 0 Å². The Hall–Kier alpha value is -3.93. The van der Waals surface area contributed by atoms with Crippen molar-refractivity contribution in [1.29, 1.82) is 0 Å². The summed E-state index contributed by atoms with van der Waals surface area (Å²) in [5.74, 6) is -0.637. The van der Waals surface area contributed by atoms with E-state index in [1.807, 2.05) is 31.2 Å². The number of benzene rings is 3. The van der Waals surface area contributed by atoms with Gasteiger partial charge in [0.25, 0.3) is 0 Å². The molecule has 3 N–H and O–H groups in total. The normalized spacial score (nSPS) is 19.0. The van der Waals surface area contributed by atoms with Gasteiger partial charge in [-0.1, -0.05) is 48.9 Å². The number of nitrogens with one attached hydrogen (secondary N) is 1. The zero-order chi connectivity index (χ0) is 24.7. The minimum Gasteiger partial charge on any atom is -0.459 e. The maximum absolute atomic E-state index is 13.5. The summed E-state index contributed by atoms with van der Waals surface area (Å²) in [4.78, 5) is 40.3. The standard InChI is InChI=1S/C29H28N2O4/c1-16-7-11-18(12-8-16)31-23-15-22(29(34)35-19-13-9-17(2)10-14-19)26(30)25-24(23)27(32)20-5-3-4-6-21(20)28(25)33/h3-8,11-12,15,17,19,31H,9-10,13-14,30H2,1-2H3. The molecule has 0 unspecified atom stereocenters. The maximum atomic E-state index is 13.5. The third-order valence-corrected chi connectivity index (χ3v) is 7.03. The first kappa shape index (κ1) is 22.8. The molecule has 0 radical (unpaired) electrons. The number of aryl methyl sites for hydroxylation is 1. The molecule has 0 aromatic heterocycles. The highest BCUT2D eigenvalue weighted by Crippen LogP contribution is 2.39. The number of nitrogens with two attached hydrogens (primary N) is 1. The number of ketones is 2. The number of fused-ring (bicyclic) bond motifs is 2. The molecule has 0 bridgehead atoms. The first-order valence-corrected chi connectivity index (χ1v) is 12.0. The van der Waals surface area contributed by atoms with E-state index in [1.165, 1.54) is 0 Å². The van der Waals surface area contributed by atoms with E-state index in [0.29, 0.717) is 17.2 Å². The fourth-order valence-corrected chi connectivity index (χ4v) is 4.94. The number of anilines is 3. The minimum atomic E-state index is -0.573. The van der Waals surface area contributed by atoms with E-state index in [0.717, 1.165) is 36.9 Å². The fourth-order valence-electron chi connectivity index (χ4n) is 4.94. The fraction of sp³-hybridized carbons (Fsp3) is 0.276. The Morgan fingerprint density at radius 2 is 1.51 bits per heavy atom. The van der Waals surface area contributed by atoms with Crippen LogP contribution in [0.5, 0.6) is 0 Å². The lowest BCUT2D eigenvalue weighted by atomic mass is 9.81. The molecule has 6 heteroatoms. The van der Waals surface area contributed by atoms with Crippen molar-refractivity contribution in [3.05, 3.63) is 88.0 Å². The van der Waals surface area contributed by atoms with Crippen molar-refractivity contribution < 1.29 is 19.1 Å². The number of hydrogen-bond acceptors (Lipinski definition) is 6. The maximum Gasteiger partial charge on any atom is 0.340 e. The molecule has 35 heavy (non-hydrogen) atoms. The van der Waals surface area contributed by atoms with Crippen molar-refractivity contribution >= 4 is 34.6 Å². The molecule has 0 atom stereocenters. The van der Waals surface area contributed by atoms with Crippen LogP contribution in [0.4, 0.5) is 17.1 Å². The Bertz CT molecular complexity index is 1340. The van der Waals surface area contributed by atoms with E-state index < -0.39 is 5.97 Å². The second-order valence-electron chi connectivity index (χ2n) is 9.62. The zero-order valence-electron chi connectivity index (χ0n) is 19.9. The molecule has 1 saturated carbocycles. The zero-order valence-corrected chi connectivity index (χ0v) is 19.9. The molecule has 178 valence electrons. The van der Waals surface area contributed by atoms with E-state index in [1.54, 1.807) is 30.3 Å². The van der Waals surface area contributed by atoms with Gasteiger partial charge in [-0.05, 0) is 56.7 Å². The van der Waals surface area contributed by atoms with Crippen molar-refractivity contribution in [2.45, 2.75) is 45.6 Å². The summed E-state index contributed by atoms with van der Waals surface area (Å²) in [5.41, 5.74) is 9.50. The molecule has 3 aromatic carbocycles. The first-order valence-electron chi connectivity index (χ1n) is 12.0. The van der Waals surface area contributed by atoms with Crippen LogP contribution in [0.1, 0.15) is 80.4 Å². The van der Waals surface area contributed by atoms with Crippen LogP contribution in [-0.2, 0) is 4.74 Å². The van der Waals surface area contributed by atoms with Gasteiger partial charge in [0.2, 0.25) is 0 Å². The van der Waals surface area contributed by atoms with E-state index in [9.17, 15) is 14.4 Å². The van der Waals surface area contributed by atoms with Crippen LogP contribution in [0, 0.1) is 12.8 Å². The third-order valence-electron chi connectivity index (χ3n) is 7.03. The summed E-state index contributed by atoms with van der Waals surface area (Å²) in [7, 11) is 0. The van der Waals surface area contributed by atoms with Crippen molar-refractivity contribution in [3.63, 3.8) is 0 Å². The number of carbonyl (C=O) groups is 3. The van der Waals surface area contributed by atoms with Crippen LogP contribution in [0.2, 0.25) is 0 Å². The Kier molecular flexibility index (Phi) is 5.89. The predicted octanol–water partition coefficient (Wildman–Crippen LogP) is 5.83. The van der Waals surface area contributed by atoms with Gasteiger partial charge in [0.05, 0.1) is 28.1 Å². The molecule has 0 heterocycles. The van der Waals surface area contributed by atoms with Gasteiger partial charge in [-0.25, -0.2) is 4.79 Å². The first-order chi connectivity index (χ1) is 16.8. The van der Waals surface area contributed by atoms with Gasteiger partial charge in [0, 0.05) is 16.8 Å². The number of hydrogen-bond donors (Lipinski definition) is 2.